The van der Waals surface area contributed by atoms with Crippen LogP contribution < -0.4 is 0 Å². The minimum absolute atomic E-state index is 0.553. The fraction of sp³-hybridized carbons (Fsp3) is 0.579. The van der Waals surface area contributed by atoms with E-state index < -0.39 is 0 Å². The first-order valence-corrected chi connectivity index (χ1v) is 8.68. The van der Waals surface area contributed by atoms with Gasteiger partial charge in [0, 0.05) is 29.7 Å². The average molecular weight is 280 g/mol. The van der Waals surface area contributed by atoms with Crippen molar-refractivity contribution < 1.29 is 0 Å². The maximum Gasteiger partial charge on any atom is 0.0560 e. The maximum atomic E-state index is 2.81. The standard InChI is InChI=1S/C19H24N2/c1-2-19-9-5-11-20-12-8-15-14-6-3-4-7-16(14)21(13-10-19)17(15)18(19)20/h3-4,6-7,18H,2,5,8-13H2,1H3/t18-,19+/m0/s1. The molecule has 2 heteroatoms. The van der Waals surface area contributed by atoms with Gasteiger partial charge in [-0.2, -0.15) is 0 Å². The lowest BCUT2D eigenvalue weighted by atomic mass is 9.64. The maximum absolute atomic E-state index is 2.81. The van der Waals surface area contributed by atoms with Crippen LogP contribution in [0.5, 0.6) is 0 Å². The van der Waals surface area contributed by atoms with Gasteiger partial charge in [0.2, 0.25) is 0 Å². The van der Waals surface area contributed by atoms with E-state index in [0.29, 0.717) is 11.5 Å². The van der Waals surface area contributed by atoms with Crippen LogP contribution in [0, 0.1) is 5.41 Å². The van der Waals surface area contributed by atoms with E-state index in [1.54, 1.807) is 11.3 Å². The lowest BCUT2D eigenvalue weighted by Crippen LogP contribution is -2.52. The van der Waals surface area contributed by atoms with Gasteiger partial charge < -0.3 is 4.57 Å². The second-order valence-electron chi connectivity index (χ2n) is 7.29. The Labute approximate surface area is 126 Å². The first-order valence-electron chi connectivity index (χ1n) is 8.68. The molecule has 1 fully saturated rings. The smallest absolute Gasteiger partial charge is 0.0560 e. The number of nitrogens with zero attached hydrogens (tertiary/aromatic N) is 2. The van der Waals surface area contributed by atoms with Crippen LogP contribution in [0.15, 0.2) is 24.3 Å². The molecule has 1 saturated heterocycles. The first kappa shape index (κ1) is 12.3. The third-order valence-corrected chi connectivity index (χ3v) is 6.63. The van der Waals surface area contributed by atoms with Crippen LogP contribution in [-0.2, 0) is 13.0 Å². The molecule has 2 nitrogen and oxygen atoms in total. The molecule has 2 atom stereocenters. The molecular formula is C19H24N2. The highest BCUT2D eigenvalue weighted by Crippen LogP contribution is 2.56. The molecule has 1 aromatic heterocycles. The van der Waals surface area contributed by atoms with Crippen molar-refractivity contribution in [1.82, 2.24) is 9.47 Å². The zero-order chi connectivity index (χ0) is 14.0. The number of benzene rings is 1. The summed E-state index contributed by atoms with van der Waals surface area (Å²) in [7, 11) is 0. The van der Waals surface area contributed by atoms with Gasteiger partial charge in [-0.25, -0.2) is 0 Å². The number of hydrogen-bond donors (Lipinski definition) is 0. The molecule has 0 unspecified atom stereocenters. The van der Waals surface area contributed by atoms with Gasteiger partial charge >= 0.3 is 0 Å². The molecule has 110 valence electrons. The first-order chi connectivity index (χ1) is 10.3. The zero-order valence-electron chi connectivity index (χ0n) is 12.9. The van der Waals surface area contributed by atoms with E-state index >= 15 is 0 Å². The van der Waals surface area contributed by atoms with Gasteiger partial charge in [0.05, 0.1) is 6.04 Å². The summed E-state index contributed by atoms with van der Waals surface area (Å²) in [5.41, 5.74) is 5.40. The van der Waals surface area contributed by atoms with E-state index in [-0.39, 0.29) is 0 Å². The molecule has 0 aliphatic carbocycles. The molecule has 3 aliphatic heterocycles. The zero-order valence-corrected chi connectivity index (χ0v) is 12.9. The summed E-state index contributed by atoms with van der Waals surface area (Å²) in [5.74, 6) is 0. The molecule has 0 N–H and O–H groups in total. The molecule has 0 amide bonds. The summed E-state index contributed by atoms with van der Waals surface area (Å²) in [6.45, 7) is 6.24. The van der Waals surface area contributed by atoms with Gasteiger partial charge in [-0.1, -0.05) is 25.1 Å². The second kappa shape index (κ2) is 4.13. The van der Waals surface area contributed by atoms with Crippen molar-refractivity contribution in [1.29, 1.82) is 0 Å². The molecule has 2 aromatic rings. The minimum atomic E-state index is 0.553. The lowest BCUT2D eigenvalue weighted by molar-refractivity contribution is -0.0253. The Morgan fingerprint density at radius 2 is 2.05 bits per heavy atom. The Morgan fingerprint density at radius 3 is 2.95 bits per heavy atom. The van der Waals surface area contributed by atoms with Crippen molar-refractivity contribution in [3.8, 4) is 0 Å². The van der Waals surface area contributed by atoms with Gasteiger partial charge in [0.15, 0.2) is 0 Å². The highest BCUT2D eigenvalue weighted by atomic mass is 15.2. The van der Waals surface area contributed by atoms with Crippen molar-refractivity contribution in [2.45, 2.75) is 51.6 Å². The molecule has 5 rings (SSSR count). The summed E-state index contributed by atoms with van der Waals surface area (Å²) in [6.07, 6.45) is 6.80. The highest BCUT2D eigenvalue weighted by molar-refractivity contribution is 5.86. The molecule has 0 radical (unpaired) electrons. The van der Waals surface area contributed by atoms with Crippen molar-refractivity contribution in [2.75, 3.05) is 13.1 Å². The van der Waals surface area contributed by atoms with E-state index in [1.807, 2.05) is 0 Å². The molecule has 4 heterocycles. The Morgan fingerprint density at radius 1 is 1.14 bits per heavy atom. The second-order valence-corrected chi connectivity index (χ2v) is 7.29. The lowest BCUT2D eigenvalue weighted by Gasteiger charge is -2.55. The topological polar surface area (TPSA) is 8.17 Å². The third-order valence-electron chi connectivity index (χ3n) is 6.63. The number of aromatic nitrogens is 1. The predicted octanol–water partition coefficient (Wildman–Crippen LogP) is 4.13. The largest absolute Gasteiger partial charge is 0.343 e. The molecular weight excluding hydrogens is 256 g/mol. The molecule has 0 bridgehead atoms. The number of aryl methyl sites for hydroxylation is 1. The van der Waals surface area contributed by atoms with Gasteiger partial charge in [-0.3, -0.25) is 4.90 Å². The number of para-hydroxylation sites is 1. The van der Waals surface area contributed by atoms with Crippen molar-refractivity contribution >= 4 is 10.9 Å². The van der Waals surface area contributed by atoms with Crippen LogP contribution in [0.25, 0.3) is 10.9 Å². The Bertz CT molecular complexity index is 681. The number of hydrogen-bond acceptors (Lipinski definition) is 1. The van der Waals surface area contributed by atoms with Crippen molar-refractivity contribution in [3.05, 3.63) is 35.5 Å². The summed E-state index contributed by atoms with van der Waals surface area (Å²) in [5, 5.41) is 1.53. The molecule has 1 aromatic carbocycles. The molecule has 21 heavy (non-hydrogen) atoms. The molecule has 0 spiro atoms. The van der Waals surface area contributed by atoms with E-state index in [2.05, 4.69) is 40.7 Å². The minimum Gasteiger partial charge on any atom is -0.343 e. The van der Waals surface area contributed by atoms with Gasteiger partial charge in [0.25, 0.3) is 0 Å². The Kier molecular flexibility index (Phi) is 2.42. The van der Waals surface area contributed by atoms with Gasteiger partial charge in [0.1, 0.15) is 0 Å². The summed E-state index contributed by atoms with van der Waals surface area (Å²) >= 11 is 0. The molecule has 3 aliphatic rings. The average Bonchev–Trinajstić information content (AvgIpc) is 2.88. The van der Waals surface area contributed by atoms with Crippen LogP contribution in [0.4, 0.5) is 0 Å². The predicted molar refractivity (Wildman–Crippen MR) is 86.5 cm³/mol. The Hall–Kier alpha value is -1.28. The highest BCUT2D eigenvalue weighted by Gasteiger charge is 2.50. The van der Waals surface area contributed by atoms with Crippen molar-refractivity contribution in [3.63, 3.8) is 0 Å². The normalized spacial score (nSPS) is 31.4. The van der Waals surface area contributed by atoms with Crippen LogP contribution in [0.1, 0.15) is 49.9 Å². The monoisotopic (exact) mass is 280 g/mol. The van der Waals surface area contributed by atoms with E-state index in [9.17, 15) is 0 Å². The van der Waals surface area contributed by atoms with Crippen LogP contribution >= 0.6 is 0 Å². The van der Waals surface area contributed by atoms with E-state index in [4.69, 9.17) is 0 Å². The van der Waals surface area contributed by atoms with Gasteiger partial charge in [-0.15, -0.1) is 0 Å². The van der Waals surface area contributed by atoms with Crippen LogP contribution in [0.2, 0.25) is 0 Å². The van der Waals surface area contributed by atoms with Crippen molar-refractivity contribution in [2.24, 2.45) is 5.41 Å². The van der Waals surface area contributed by atoms with Crippen LogP contribution in [-0.4, -0.2) is 22.6 Å². The fourth-order valence-corrected chi connectivity index (χ4v) is 5.60. The number of rotatable bonds is 1. The van der Waals surface area contributed by atoms with E-state index in [0.717, 1.165) is 0 Å². The Balaban J connectivity index is 1.83. The third kappa shape index (κ3) is 1.42. The summed E-state index contributed by atoms with van der Waals surface area (Å²) in [4.78, 5) is 2.81. The van der Waals surface area contributed by atoms with E-state index in [1.165, 1.54) is 62.6 Å². The fourth-order valence-electron chi connectivity index (χ4n) is 5.60. The quantitative estimate of drug-likeness (QED) is 0.762. The summed E-state index contributed by atoms with van der Waals surface area (Å²) in [6, 6.07) is 9.80. The number of piperidine rings is 1. The van der Waals surface area contributed by atoms with Crippen LogP contribution in [0.3, 0.4) is 0 Å². The summed E-state index contributed by atoms with van der Waals surface area (Å²) < 4.78 is 2.67. The van der Waals surface area contributed by atoms with Gasteiger partial charge in [-0.05, 0) is 55.7 Å². The molecule has 0 saturated carbocycles. The number of fused-ring (bicyclic) bond motifs is 3. The SMILES string of the molecule is CC[C@@]12CCCN3CCc4c(n(c5ccccc45)CC1)[C@H]32.